The molecule has 1 aliphatic rings. The van der Waals surface area contributed by atoms with Crippen molar-refractivity contribution < 1.29 is 4.42 Å². The fourth-order valence-corrected chi connectivity index (χ4v) is 1.99. The molecule has 1 saturated heterocycles. The Morgan fingerprint density at radius 2 is 2.23 bits per heavy atom. The summed E-state index contributed by atoms with van der Waals surface area (Å²) in [4.78, 5) is 2.24. The van der Waals surface area contributed by atoms with Crippen molar-refractivity contribution in [2.24, 2.45) is 5.73 Å². The first kappa shape index (κ1) is 8.78. The van der Waals surface area contributed by atoms with E-state index in [9.17, 15) is 0 Å². The Hall–Kier alpha value is -0.800. The third kappa shape index (κ3) is 1.62. The van der Waals surface area contributed by atoms with E-state index in [1.807, 2.05) is 19.1 Å². The van der Waals surface area contributed by atoms with Gasteiger partial charge in [0.05, 0.1) is 0 Å². The Balaban J connectivity index is 2.17. The van der Waals surface area contributed by atoms with Gasteiger partial charge in [-0.1, -0.05) is 0 Å². The van der Waals surface area contributed by atoms with Crippen LogP contribution in [0.25, 0.3) is 0 Å². The second kappa shape index (κ2) is 3.16. The predicted octanol–water partition coefficient (Wildman–Crippen LogP) is 0.944. The fraction of sp³-hybridized carbons (Fsp3) is 0.600. The Kier molecular flexibility index (Phi) is 2.14. The number of hydrogen-bond acceptors (Lipinski definition) is 3. The molecular weight excluding hydrogens is 164 g/mol. The van der Waals surface area contributed by atoms with Crippen molar-refractivity contribution in [3.63, 3.8) is 0 Å². The molecule has 0 amide bonds. The van der Waals surface area contributed by atoms with Crippen LogP contribution in [0.3, 0.4) is 0 Å². The summed E-state index contributed by atoms with van der Waals surface area (Å²) in [6, 6.07) is 4.26. The van der Waals surface area contributed by atoms with Gasteiger partial charge in [-0.05, 0) is 26.1 Å². The minimum absolute atomic E-state index is 0.218. The minimum Gasteiger partial charge on any atom is -0.466 e. The zero-order valence-corrected chi connectivity index (χ0v) is 8.16. The zero-order valence-electron chi connectivity index (χ0n) is 8.16. The van der Waals surface area contributed by atoms with Crippen LogP contribution < -0.4 is 5.73 Å². The van der Waals surface area contributed by atoms with Gasteiger partial charge >= 0.3 is 0 Å². The molecule has 0 aliphatic carbocycles. The summed E-state index contributed by atoms with van der Waals surface area (Å²) in [5.41, 5.74) is 6.01. The quantitative estimate of drug-likeness (QED) is 0.699. The number of nitrogens with two attached hydrogens (primary N) is 1. The molecule has 3 heteroatoms. The maximum Gasteiger partial charge on any atom is 0.110 e. The summed E-state index contributed by atoms with van der Waals surface area (Å²) in [5.74, 6) is 2.38. The van der Waals surface area contributed by atoms with Crippen LogP contribution >= 0.6 is 0 Å². The van der Waals surface area contributed by atoms with E-state index in [0.717, 1.165) is 24.6 Å². The van der Waals surface area contributed by atoms with E-state index in [2.05, 4.69) is 11.9 Å². The predicted molar refractivity (Wildman–Crippen MR) is 51.7 cm³/mol. The first-order valence-corrected chi connectivity index (χ1v) is 4.67. The van der Waals surface area contributed by atoms with Gasteiger partial charge in [0.25, 0.3) is 0 Å². The van der Waals surface area contributed by atoms with Gasteiger partial charge in [0.1, 0.15) is 11.5 Å². The highest BCUT2D eigenvalue weighted by atomic mass is 16.3. The molecule has 2 heterocycles. The molecular formula is C10H16N2O. The average molecular weight is 180 g/mol. The topological polar surface area (TPSA) is 42.4 Å². The van der Waals surface area contributed by atoms with E-state index in [1.54, 1.807) is 0 Å². The summed E-state index contributed by atoms with van der Waals surface area (Å²) in [5, 5.41) is 0. The van der Waals surface area contributed by atoms with Gasteiger partial charge in [0, 0.05) is 25.0 Å². The van der Waals surface area contributed by atoms with E-state index in [4.69, 9.17) is 10.2 Å². The number of likely N-dealkylation sites (N-methyl/N-ethyl adjacent to an activating group) is 1. The molecule has 0 saturated carbocycles. The first-order valence-electron chi connectivity index (χ1n) is 4.67. The molecule has 13 heavy (non-hydrogen) atoms. The minimum atomic E-state index is 0.218. The lowest BCUT2D eigenvalue weighted by molar-refractivity contribution is 0.393. The summed E-state index contributed by atoms with van der Waals surface area (Å²) in [6.07, 6.45) is 0. The number of rotatable bonds is 1. The van der Waals surface area contributed by atoms with Crippen LogP contribution in [0.5, 0.6) is 0 Å². The van der Waals surface area contributed by atoms with E-state index in [-0.39, 0.29) is 6.04 Å². The van der Waals surface area contributed by atoms with Crippen molar-refractivity contribution in [3.05, 3.63) is 23.7 Å². The summed E-state index contributed by atoms with van der Waals surface area (Å²) in [6.45, 7) is 3.94. The third-order valence-corrected chi connectivity index (χ3v) is 2.67. The van der Waals surface area contributed by atoms with E-state index in [0.29, 0.717) is 5.92 Å². The smallest absolute Gasteiger partial charge is 0.110 e. The van der Waals surface area contributed by atoms with Crippen molar-refractivity contribution in [1.82, 2.24) is 4.90 Å². The SMILES string of the molecule is Cc1ccc([C@H]2CN(C)C[C@@H]2N)o1. The molecule has 1 aliphatic heterocycles. The van der Waals surface area contributed by atoms with Crippen LogP contribution in [-0.4, -0.2) is 31.1 Å². The Labute approximate surface area is 78.5 Å². The Bertz CT molecular complexity index is 295. The van der Waals surface area contributed by atoms with E-state index in [1.165, 1.54) is 0 Å². The number of aryl methyl sites for hydroxylation is 1. The Morgan fingerprint density at radius 3 is 2.69 bits per heavy atom. The standard InChI is InChI=1S/C10H16N2O/c1-7-3-4-10(13-7)8-5-12(2)6-9(8)11/h3-4,8-9H,5-6,11H2,1-2H3/t8-,9-/m0/s1. The molecule has 0 unspecified atom stereocenters. The van der Waals surface area contributed by atoms with Gasteiger partial charge in [0.2, 0.25) is 0 Å². The first-order chi connectivity index (χ1) is 6.16. The lowest BCUT2D eigenvalue weighted by Crippen LogP contribution is -2.27. The van der Waals surface area contributed by atoms with Gasteiger partial charge in [-0.2, -0.15) is 0 Å². The van der Waals surface area contributed by atoms with Crippen molar-refractivity contribution >= 4 is 0 Å². The fourth-order valence-electron chi connectivity index (χ4n) is 1.99. The lowest BCUT2D eigenvalue weighted by Gasteiger charge is -2.10. The monoisotopic (exact) mass is 180 g/mol. The van der Waals surface area contributed by atoms with Crippen molar-refractivity contribution in [2.75, 3.05) is 20.1 Å². The second-order valence-electron chi connectivity index (χ2n) is 3.94. The van der Waals surface area contributed by atoms with Gasteiger partial charge in [-0.3, -0.25) is 0 Å². The molecule has 72 valence electrons. The zero-order chi connectivity index (χ0) is 9.42. The van der Waals surface area contributed by atoms with Crippen LogP contribution in [0, 0.1) is 6.92 Å². The molecule has 0 radical (unpaired) electrons. The highest BCUT2D eigenvalue weighted by Crippen LogP contribution is 2.26. The van der Waals surface area contributed by atoms with Gasteiger partial charge in [0.15, 0.2) is 0 Å². The highest BCUT2D eigenvalue weighted by Gasteiger charge is 2.31. The van der Waals surface area contributed by atoms with E-state index >= 15 is 0 Å². The molecule has 0 spiro atoms. The average Bonchev–Trinajstić information content (AvgIpc) is 2.58. The van der Waals surface area contributed by atoms with Crippen molar-refractivity contribution in [3.8, 4) is 0 Å². The van der Waals surface area contributed by atoms with Crippen molar-refractivity contribution in [1.29, 1.82) is 0 Å². The number of hydrogen-bond donors (Lipinski definition) is 1. The summed E-state index contributed by atoms with van der Waals surface area (Å²) >= 11 is 0. The third-order valence-electron chi connectivity index (χ3n) is 2.67. The maximum atomic E-state index is 6.01. The number of furan rings is 1. The normalized spacial score (nSPS) is 29.8. The number of nitrogens with zero attached hydrogens (tertiary/aromatic N) is 1. The molecule has 0 aromatic carbocycles. The van der Waals surface area contributed by atoms with Crippen molar-refractivity contribution in [2.45, 2.75) is 18.9 Å². The molecule has 1 aromatic rings. The number of likely N-dealkylation sites (tertiary alicyclic amines) is 1. The molecule has 2 rings (SSSR count). The lowest BCUT2D eigenvalue weighted by atomic mass is 10.0. The second-order valence-corrected chi connectivity index (χ2v) is 3.94. The van der Waals surface area contributed by atoms with E-state index < -0.39 is 0 Å². The van der Waals surface area contributed by atoms with Crippen LogP contribution in [0.4, 0.5) is 0 Å². The molecule has 2 atom stereocenters. The molecule has 1 fully saturated rings. The molecule has 3 nitrogen and oxygen atoms in total. The summed E-state index contributed by atoms with van der Waals surface area (Å²) in [7, 11) is 2.09. The molecule has 1 aromatic heterocycles. The molecule has 2 N–H and O–H groups in total. The van der Waals surface area contributed by atoms with Crippen LogP contribution in [0.1, 0.15) is 17.4 Å². The summed E-state index contributed by atoms with van der Waals surface area (Å²) < 4.78 is 5.58. The van der Waals surface area contributed by atoms with Gasteiger partial charge < -0.3 is 15.1 Å². The molecule has 0 bridgehead atoms. The van der Waals surface area contributed by atoms with Gasteiger partial charge in [-0.15, -0.1) is 0 Å². The van der Waals surface area contributed by atoms with Crippen LogP contribution in [0.2, 0.25) is 0 Å². The van der Waals surface area contributed by atoms with Crippen LogP contribution in [-0.2, 0) is 0 Å². The largest absolute Gasteiger partial charge is 0.466 e. The van der Waals surface area contributed by atoms with Gasteiger partial charge in [-0.25, -0.2) is 0 Å². The Morgan fingerprint density at radius 1 is 1.46 bits per heavy atom. The highest BCUT2D eigenvalue weighted by molar-refractivity contribution is 5.15. The maximum absolute atomic E-state index is 6.01. The van der Waals surface area contributed by atoms with Crippen LogP contribution in [0.15, 0.2) is 16.5 Å².